The topological polar surface area (TPSA) is 47.4 Å². The number of esters is 1. The zero-order chi connectivity index (χ0) is 19.4. The monoisotopic (exact) mass is 369 g/mol. The number of methoxy groups -OCH3 is 1. The molecule has 0 spiro atoms. The minimum atomic E-state index is -0.151. The molecule has 5 nitrogen and oxygen atoms in total. The van der Waals surface area contributed by atoms with Gasteiger partial charge in [0.25, 0.3) is 0 Å². The van der Waals surface area contributed by atoms with Gasteiger partial charge in [-0.25, -0.2) is 0 Å². The van der Waals surface area contributed by atoms with Crippen molar-refractivity contribution in [2.45, 2.75) is 52.0 Å². The Hall–Kier alpha value is -2.14. The van der Waals surface area contributed by atoms with Gasteiger partial charge in [-0.3, -0.25) is 14.4 Å². The predicted molar refractivity (Wildman–Crippen MR) is 107 cm³/mol. The van der Waals surface area contributed by atoms with Crippen LogP contribution in [0.1, 0.15) is 53.4 Å². The molecule has 0 unspecified atom stereocenters. The number of carbonyl (C=O) groups excluding carboxylic acids is 1. The van der Waals surface area contributed by atoms with Crippen molar-refractivity contribution in [3.63, 3.8) is 0 Å². The summed E-state index contributed by atoms with van der Waals surface area (Å²) in [5.74, 6) is -0.151. The molecule has 1 saturated heterocycles. The van der Waals surface area contributed by atoms with Crippen molar-refractivity contribution in [3.8, 4) is 0 Å². The third kappa shape index (κ3) is 4.59. The number of benzene rings is 1. The fourth-order valence-electron chi connectivity index (χ4n) is 4.16. The summed E-state index contributed by atoms with van der Waals surface area (Å²) in [5, 5.41) is 4.54. The van der Waals surface area contributed by atoms with Crippen molar-refractivity contribution in [1.29, 1.82) is 0 Å². The van der Waals surface area contributed by atoms with E-state index in [2.05, 4.69) is 48.1 Å². The number of ether oxygens (including phenoxy) is 1. The Morgan fingerprint density at radius 1 is 1.22 bits per heavy atom. The molecule has 1 fully saturated rings. The summed E-state index contributed by atoms with van der Waals surface area (Å²) < 4.78 is 6.71. The summed E-state index contributed by atoms with van der Waals surface area (Å²) in [7, 11) is 3.46. The van der Waals surface area contributed by atoms with Crippen LogP contribution >= 0.6 is 0 Å². The van der Waals surface area contributed by atoms with Crippen LogP contribution in [-0.4, -0.2) is 40.8 Å². The molecule has 2 heterocycles. The maximum absolute atomic E-state index is 11.3. The van der Waals surface area contributed by atoms with Crippen LogP contribution in [0.5, 0.6) is 0 Å². The second-order valence-corrected chi connectivity index (χ2v) is 7.53. The molecular weight excluding hydrogens is 338 g/mol. The van der Waals surface area contributed by atoms with Gasteiger partial charge in [0.15, 0.2) is 0 Å². The third-order valence-electron chi connectivity index (χ3n) is 5.88. The molecule has 1 aliphatic rings. The van der Waals surface area contributed by atoms with Gasteiger partial charge < -0.3 is 4.74 Å². The summed E-state index contributed by atoms with van der Waals surface area (Å²) >= 11 is 0. The van der Waals surface area contributed by atoms with Crippen LogP contribution in [0.25, 0.3) is 0 Å². The lowest BCUT2D eigenvalue weighted by molar-refractivity contribution is -0.140. The number of aromatic nitrogens is 2. The first-order valence-electron chi connectivity index (χ1n) is 9.88. The highest BCUT2D eigenvalue weighted by Crippen LogP contribution is 2.32. The predicted octanol–water partition coefficient (Wildman–Crippen LogP) is 3.52. The number of aryl methyl sites for hydroxylation is 3. The van der Waals surface area contributed by atoms with Crippen LogP contribution in [0.4, 0.5) is 0 Å². The van der Waals surface area contributed by atoms with Gasteiger partial charge in [0.05, 0.1) is 12.8 Å². The van der Waals surface area contributed by atoms with Gasteiger partial charge in [0.2, 0.25) is 0 Å². The second-order valence-electron chi connectivity index (χ2n) is 7.53. The van der Waals surface area contributed by atoms with E-state index < -0.39 is 0 Å². The Bertz CT molecular complexity index is 780. The van der Waals surface area contributed by atoms with Crippen molar-refractivity contribution in [1.82, 2.24) is 14.7 Å². The summed E-state index contributed by atoms with van der Waals surface area (Å²) in [5.41, 5.74) is 6.39. The molecule has 0 radical (unpaired) electrons. The normalized spacial score (nSPS) is 17.4. The maximum Gasteiger partial charge on any atom is 0.305 e. The molecule has 5 heteroatoms. The van der Waals surface area contributed by atoms with Gasteiger partial charge in [-0.2, -0.15) is 5.10 Å². The number of nitrogens with zero attached hydrogens (tertiary/aromatic N) is 3. The standard InChI is InChI=1S/C22H31N3O2/c1-16-20(17(2)24(3)23-16)13-15-25-14-5-6-21(25)19-10-7-18(8-11-19)9-12-22(26)27-4/h7-8,10-11,21H,5-6,9,12-15H2,1-4H3/t21-/m1/s1. The Kier molecular flexibility index (Phi) is 6.32. The molecule has 1 aliphatic heterocycles. The van der Waals surface area contributed by atoms with E-state index in [1.807, 2.05) is 11.7 Å². The summed E-state index contributed by atoms with van der Waals surface area (Å²) in [6, 6.07) is 9.28. The molecule has 27 heavy (non-hydrogen) atoms. The van der Waals surface area contributed by atoms with E-state index in [1.54, 1.807) is 0 Å². The molecule has 0 aliphatic carbocycles. The number of hydrogen-bond acceptors (Lipinski definition) is 4. The van der Waals surface area contributed by atoms with Crippen LogP contribution in [0.15, 0.2) is 24.3 Å². The smallest absolute Gasteiger partial charge is 0.305 e. The van der Waals surface area contributed by atoms with E-state index >= 15 is 0 Å². The highest BCUT2D eigenvalue weighted by Gasteiger charge is 2.26. The summed E-state index contributed by atoms with van der Waals surface area (Å²) in [6.07, 6.45) is 4.70. The first-order chi connectivity index (χ1) is 13.0. The van der Waals surface area contributed by atoms with Gasteiger partial charge in [0, 0.05) is 31.7 Å². The number of rotatable bonds is 7. The molecule has 1 atom stereocenters. The Balaban J connectivity index is 1.61. The fourth-order valence-corrected chi connectivity index (χ4v) is 4.16. The van der Waals surface area contributed by atoms with E-state index in [-0.39, 0.29) is 5.97 Å². The zero-order valence-corrected chi connectivity index (χ0v) is 17.0. The first kappa shape index (κ1) is 19.6. The lowest BCUT2D eigenvalue weighted by Gasteiger charge is -2.25. The molecule has 0 N–H and O–H groups in total. The molecule has 0 amide bonds. The molecule has 2 aromatic rings. The quantitative estimate of drug-likeness (QED) is 0.701. The van der Waals surface area contributed by atoms with Gasteiger partial charge >= 0.3 is 5.97 Å². The van der Waals surface area contributed by atoms with Crippen molar-refractivity contribution >= 4 is 5.97 Å². The minimum Gasteiger partial charge on any atom is -0.469 e. The highest BCUT2D eigenvalue weighted by atomic mass is 16.5. The maximum atomic E-state index is 11.3. The van der Waals surface area contributed by atoms with Crippen molar-refractivity contribution in [2.75, 3.05) is 20.2 Å². The van der Waals surface area contributed by atoms with E-state index in [0.717, 1.165) is 31.6 Å². The van der Waals surface area contributed by atoms with E-state index in [0.29, 0.717) is 12.5 Å². The average molecular weight is 370 g/mol. The Morgan fingerprint density at radius 3 is 2.59 bits per heavy atom. The van der Waals surface area contributed by atoms with Crippen LogP contribution in [0, 0.1) is 13.8 Å². The first-order valence-corrected chi connectivity index (χ1v) is 9.88. The van der Waals surface area contributed by atoms with E-state index in [1.165, 1.54) is 42.3 Å². The average Bonchev–Trinajstić information content (AvgIpc) is 3.23. The summed E-state index contributed by atoms with van der Waals surface area (Å²) in [6.45, 7) is 6.50. The highest BCUT2D eigenvalue weighted by molar-refractivity contribution is 5.69. The summed E-state index contributed by atoms with van der Waals surface area (Å²) in [4.78, 5) is 13.9. The number of likely N-dealkylation sites (tertiary alicyclic amines) is 1. The lowest BCUT2D eigenvalue weighted by atomic mass is 10.0. The van der Waals surface area contributed by atoms with Crippen molar-refractivity contribution in [2.24, 2.45) is 7.05 Å². The van der Waals surface area contributed by atoms with Crippen molar-refractivity contribution in [3.05, 3.63) is 52.3 Å². The second kappa shape index (κ2) is 8.70. The molecule has 0 saturated carbocycles. The molecular formula is C22H31N3O2. The third-order valence-corrected chi connectivity index (χ3v) is 5.88. The fraction of sp³-hybridized carbons (Fsp3) is 0.545. The molecule has 1 aromatic carbocycles. The molecule has 3 rings (SSSR count). The molecule has 1 aromatic heterocycles. The van der Waals surface area contributed by atoms with Gasteiger partial charge in [0.1, 0.15) is 0 Å². The van der Waals surface area contributed by atoms with E-state index in [9.17, 15) is 4.79 Å². The zero-order valence-electron chi connectivity index (χ0n) is 17.0. The van der Waals surface area contributed by atoms with Gasteiger partial charge in [-0.15, -0.1) is 0 Å². The Morgan fingerprint density at radius 2 is 1.96 bits per heavy atom. The van der Waals surface area contributed by atoms with Crippen LogP contribution < -0.4 is 0 Å². The largest absolute Gasteiger partial charge is 0.469 e. The van der Waals surface area contributed by atoms with Crippen LogP contribution in [-0.2, 0) is 29.4 Å². The van der Waals surface area contributed by atoms with Crippen LogP contribution in [0.2, 0.25) is 0 Å². The number of carbonyl (C=O) groups is 1. The van der Waals surface area contributed by atoms with E-state index in [4.69, 9.17) is 4.74 Å². The number of hydrogen-bond donors (Lipinski definition) is 0. The molecule has 146 valence electrons. The SMILES string of the molecule is COC(=O)CCc1ccc([C@H]2CCCN2CCc2c(C)nn(C)c2C)cc1. The van der Waals surface area contributed by atoms with Gasteiger partial charge in [-0.1, -0.05) is 24.3 Å². The van der Waals surface area contributed by atoms with Gasteiger partial charge in [-0.05, 0) is 62.8 Å². The minimum absolute atomic E-state index is 0.151. The van der Waals surface area contributed by atoms with Crippen molar-refractivity contribution < 1.29 is 9.53 Å². The van der Waals surface area contributed by atoms with Crippen LogP contribution in [0.3, 0.4) is 0 Å². The Labute approximate surface area is 162 Å². The molecule has 0 bridgehead atoms. The lowest BCUT2D eigenvalue weighted by Crippen LogP contribution is -2.26.